The molecule has 2 unspecified atom stereocenters. The molecule has 142 valence electrons. The van der Waals surface area contributed by atoms with Gasteiger partial charge in [-0.05, 0) is 20.3 Å². The quantitative estimate of drug-likeness (QED) is 0.778. The van der Waals surface area contributed by atoms with Gasteiger partial charge in [-0.3, -0.25) is 19.3 Å². The van der Waals surface area contributed by atoms with E-state index >= 15 is 0 Å². The monoisotopic (exact) mass is 363 g/mol. The van der Waals surface area contributed by atoms with Gasteiger partial charge in [0.05, 0.1) is 6.54 Å². The summed E-state index contributed by atoms with van der Waals surface area (Å²) in [5.41, 5.74) is 0. The summed E-state index contributed by atoms with van der Waals surface area (Å²) in [5.74, 6) is 0.651. The Morgan fingerprint density at radius 1 is 1.35 bits per heavy atom. The molecule has 2 saturated heterocycles. The number of nitrogens with one attached hydrogen (secondary N) is 2. The zero-order chi connectivity index (χ0) is 18.7. The summed E-state index contributed by atoms with van der Waals surface area (Å²) in [6.07, 6.45) is 0.952. The molecule has 0 spiro atoms. The number of hydrogen-bond acceptors (Lipinski definition) is 6. The average Bonchev–Trinajstić information content (AvgIpc) is 2.98. The van der Waals surface area contributed by atoms with Crippen molar-refractivity contribution in [3.63, 3.8) is 0 Å². The molecular formula is C17H25N5O4. The van der Waals surface area contributed by atoms with Crippen LogP contribution in [0.15, 0.2) is 10.6 Å². The van der Waals surface area contributed by atoms with Crippen molar-refractivity contribution < 1.29 is 18.9 Å². The first-order valence-corrected chi connectivity index (χ1v) is 8.94. The van der Waals surface area contributed by atoms with E-state index < -0.39 is 0 Å². The zero-order valence-corrected chi connectivity index (χ0v) is 15.2. The maximum atomic E-state index is 12.6. The van der Waals surface area contributed by atoms with Crippen LogP contribution < -0.4 is 10.6 Å². The molecule has 0 bridgehead atoms. The molecule has 26 heavy (non-hydrogen) atoms. The molecule has 2 aliphatic rings. The minimum atomic E-state index is -0.232. The third kappa shape index (κ3) is 4.60. The largest absolute Gasteiger partial charge is 0.360 e. The Kier molecular flexibility index (Phi) is 5.55. The van der Waals surface area contributed by atoms with Crippen molar-refractivity contribution in [1.82, 2.24) is 20.3 Å². The number of nitrogens with zero attached hydrogens (tertiary/aromatic N) is 3. The summed E-state index contributed by atoms with van der Waals surface area (Å²) < 4.78 is 4.92. The molecule has 2 aliphatic heterocycles. The Morgan fingerprint density at radius 2 is 2.08 bits per heavy atom. The maximum Gasteiger partial charge on any atom is 0.239 e. The fraction of sp³-hybridized carbons (Fsp3) is 0.647. The molecule has 0 radical (unpaired) electrons. The van der Waals surface area contributed by atoms with Gasteiger partial charge in [0.15, 0.2) is 5.82 Å². The Labute approximate surface area is 152 Å². The van der Waals surface area contributed by atoms with E-state index in [1.54, 1.807) is 13.0 Å². The molecule has 2 fully saturated rings. The second-order valence-corrected chi connectivity index (χ2v) is 7.08. The van der Waals surface area contributed by atoms with Gasteiger partial charge in [-0.25, -0.2) is 0 Å². The van der Waals surface area contributed by atoms with E-state index in [9.17, 15) is 14.4 Å². The number of anilines is 1. The number of hydrogen-bond donors (Lipinski definition) is 2. The molecule has 3 rings (SSSR count). The lowest BCUT2D eigenvalue weighted by Gasteiger charge is -2.37. The average molecular weight is 363 g/mol. The van der Waals surface area contributed by atoms with Crippen LogP contribution in [0.5, 0.6) is 0 Å². The number of carbonyl (C=O) groups is 3. The van der Waals surface area contributed by atoms with Crippen molar-refractivity contribution in [3.05, 3.63) is 11.8 Å². The number of carbonyl (C=O) groups excluding carboxylic acids is 3. The van der Waals surface area contributed by atoms with E-state index in [-0.39, 0.29) is 42.6 Å². The van der Waals surface area contributed by atoms with E-state index in [1.165, 1.54) is 0 Å². The molecule has 0 saturated carbocycles. The van der Waals surface area contributed by atoms with Crippen molar-refractivity contribution >= 4 is 23.5 Å². The molecule has 1 aromatic heterocycles. The predicted octanol–water partition coefficient (Wildman–Crippen LogP) is -0.0196. The summed E-state index contributed by atoms with van der Waals surface area (Å²) in [6.45, 7) is 6.33. The molecule has 9 heteroatoms. The highest BCUT2D eigenvalue weighted by Crippen LogP contribution is 2.20. The lowest BCUT2D eigenvalue weighted by atomic mass is 9.91. The van der Waals surface area contributed by atoms with Crippen LogP contribution in [0.25, 0.3) is 0 Å². The Morgan fingerprint density at radius 3 is 2.69 bits per heavy atom. The van der Waals surface area contributed by atoms with E-state index in [0.29, 0.717) is 44.2 Å². The SMILES string of the molecule is Cc1cc(NC(=O)CN2CCN(C(=O)C3CC(=O)NC(C)C3)CC2)no1. The van der Waals surface area contributed by atoms with E-state index in [4.69, 9.17) is 4.52 Å². The Bertz CT molecular complexity index is 680. The fourth-order valence-corrected chi connectivity index (χ4v) is 3.51. The molecule has 3 amide bonds. The van der Waals surface area contributed by atoms with Crippen molar-refractivity contribution in [1.29, 1.82) is 0 Å². The summed E-state index contributed by atoms with van der Waals surface area (Å²) >= 11 is 0. The first kappa shape index (κ1) is 18.4. The molecule has 2 atom stereocenters. The van der Waals surface area contributed by atoms with Gasteiger partial charge in [0.1, 0.15) is 5.76 Å². The van der Waals surface area contributed by atoms with Gasteiger partial charge in [0.25, 0.3) is 0 Å². The molecule has 0 aliphatic carbocycles. The van der Waals surface area contributed by atoms with Gasteiger partial charge >= 0.3 is 0 Å². The lowest BCUT2D eigenvalue weighted by Crippen LogP contribution is -2.53. The molecule has 3 heterocycles. The Balaban J connectivity index is 1.44. The highest BCUT2D eigenvalue weighted by Gasteiger charge is 2.33. The number of rotatable bonds is 4. The normalized spacial score (nSPS) is 24.2. The molecule has 1 aromatic rings. The van der Waals surface area contributed by atoms with Crippen molar-refractivity contribution in [2.24, 2.45) is 5.92 Å². The van der Waals surface area contributed by atoms with Crippen LogP contribution in [-0.2, 0) is 14.4 Å². The van der Waals surface area contributed by atoms with E-state index in [0.717, 1.165) is 0 Å². The van der Waals surface area contributed by atoms with Crippen molar-refractivity contribution in [2.45, 2.75) is 32.7 Å². The summed E-state index contributed by atoms with van der Waals surface area (Å²) in [7, 11) is 0. The van der Waals surface area contributed by atoms with Gasteiger partial charge in [-0.1, -0.05) is 5.16 Å². The number of amides is 3. The number of piperazine rings is 1. The molecular weight excluding hydrogens is 338 g/mol. The van der Waals surface area contributed by atoms with Crippen LogP contribution in [-0.4, -0.2) is 71.4 Å². The standard InChI is InChI=1S/C17H25N5O4/c1-11-7-13(9-15(23)18-11)17(25)22-5-3-21(4-6-22)10-16(24)19-14-8-12(2)26-20-14/h8,11,13H,3-7,9-10H2,1-2H3,(H,18,23)(H,19,20,24). The van der Waals surface area contributed by atoms with Crippen LogP contribution >= 0.6 is 0 Å². The van der Waals surface area contributed by atoms with Crippen LogP contribution in [0.1, 0.15) is 25.5 Å². The van der Waals surface area contributed by atoms with Gasteiger partial charge in [0, 0.05) is 50.6 Å². The lowest BCUT2D eigenvalue weighted by molar-refractivity contribution is -0.142. The van der Waals surface area contributed by atoms with Crippen LogP contribution in [0.2, 0.25) is 0 Å². The minimum absolute atomic E-state index is 0.0374. The predicted molar refractivity (Wildman–Crippen MR) is 93.2 cm³/mol. The molecule has 9 nitrogen and oxygen atoms in total. The first-order valence-electron chi connectivity index (χ1n) is 8.94. The van der Waals surface area contributed by atoms with Crippen LogP contribution in [0.4, 0.5) is 5.82 Å². The van der Waals surface area contributed by atoms with Crippen molar-refractivity contribution in [2.75, 3.05) is 38.0 Å². The third-order valence-electron chi connectivity index (χ3n) is 4.77. The molecule has 2 N–H and O–H groups in total. The van der Waals surface area contributed by atoms with Crippen LogP contribution in [0, 0.1) is 12.8 Å². The van der Waals surface area contributed by atoms with Gasteiger partial charge in [0.2, 0.25) is 17.7 Å². The smallest absolute Gasteiger partial charge is 0.239 e. The van der Waals surface area contributed by atoms with Crippen molar-refractivity contribution in [3.8, 4) is 0 Å². The second kappa shape index (κ2) is 7.86. The van der Waals surface area contributed by atoms with E-state index in [2.05, 4.69) is 15.8 Å². The topological polar surface area (TPSA) is 108 Å². The maximum absolute atomic E-state index is 12.6. The summed E-state index contributed by atoms with van der Waals surface area (Å²) in [6, 6.07) is 1.70. The molecule has 0 aromatic carbocycles. The second-order valence-electron chi connectivity index (χ2n) is 7.08. The highest BCUT2D eigenvalue weighted by atomic mass is 16.5. The summed E-state index contributed by atoms with van der Waals surface area (Å²) in [5, 5.41) is 9.28. The summed E-state index contributed by atoms with van der Waals surface area (Å²) in [4.78, 5) is 40.2. The highest BCUT2D eigenvalue weighted by molar-refractivity contribution is 5.91. The van der Waals surface area contributed by atoms with Crippen LogP contribution in [0.3, 0.4) is 0 Å². The fourth-order valence-electron chi connectivity index (χ4n) is 3.51. The third-order valence-corrected chi connectivity index (χ3v) is 4.77. The number of aryl methyl sites for hydroxylation is 1. The Hall–Kier alpha value is -2.42. The van der Waals surface area contributed by atoms with Gasteiger partial charge < -0.3 is 20.1 Å². The zero-order valence-electron chi connectivity index (χ0n) is 15.2. The minimum Gasteiger partial charge on any atom is -0.360 e. The van der Waals surface area contributed by atoms with E-state index in [1.807, 2.05) is 16.7 Å². The van der Waals surface area contributed by atoms with Gasteiger partial charge in [-0.15, -0.1) is 0 Å². The first-order chi connectivity index (χ1) is 12.4. The van der Waals surface area contributed by atoms with Gasteiger partial charge in [-0.2, -0.15) is 0 Å². The number of piperidine rings is 1. The number of aromatic nitrogens is 1.